The van der Waals surface area contributed by atoms with Gasteiger partial charge >= 0.3 is 0 Å². The molecule has 0 aromatic carbocycles. The first kappa shape index (κ1) is 12.0. The standard InChI is InChI=1S/C12H13N3S2/c1-15(7-9-4-5-17-8-9)10-2-3-11(12(13)16)14-6-10/h2-6,8H,7H2,1H3,(H2,13,16). The van der Waals surface area contributed by atoms with Crippen LogP contribution in [0.4, 0.5) is 5.69 Å². The minimum atomic E-state index is 0.331. The molecular weight excluding hydrogens is 250 g/mol. The Bertz CT molecular complexity index is 491. The summed E-state index contributed by atoms with van der Waals surface area (Å²) >= 11 is 6.57. The second-order valence-electron chi connectivity index (χ2n) is 3.75. The minimum absolute atomic E-state index is 0.331. The molecule has 0 aliphatic heterocycles. The van der Waals surface area contributed by atoms with Crippen LogP contribution >= 0.6 is 23.6 Å². The van der Waals surface area contributed by atoms with Gasteiger partial charge in [0.25, 0.3) is 0 Å². The number of pyridine rings is 1. The molecule has 0 aliphatic rings. The third-order valence-corrected chi connectivity index (χ3v) is 3.38. The van der Waals surface area contributed by atoms with E-state index in [1.165, 1.54) is 5.56 Å². The topological polar surface area (TPSA) is 42.1 Å². The second kappa shape index (κ2) is 5.25. The summed E-state index contributed by atoms with van der Waals surface area (Å²) in [6, 6.07) is 5.95. The van der Waals surface area contributed by atoms with Gasteiger partial charge in [-0.05, 0) is 34.5 Å². The van der Waals surface area contributed by atoms with Crippen LogP contribution < -0.4 is 10.6 Å². The van der Waals surface area contributed by atoms with Gasteiger partial charge in [0, 0.05) is 13.6 Å². The van der Waals surface area contributed by atoms with Crippen molar-refractivity contribution < 1.29 is 0 Å². The minimum Gasteiger partial charge on any atom is -0.388 e. The summed E-state index contributed by atoms with van der Waals surface area (Å²) in [6.45, 7) is 0.873. The van der Waals surface area contributed by atoms with Crippen molar-refractivity contribution in [1.82, 2.24) is 4.98 Å². The van der Waals surface area contributed by atoms with E-state index in [1.54, 1.807) is 17.5 Å². The fraction of sp³-hybridized carbons (Fsp3) is 0.167. The van der Waals surface area contributed by atoms with E-state index in [4.69, 9.17) is 18.0 Å². The molecule has 0 unspecified atom stereocenters. The van der Waals surface area contributed by atoms with Crippen LogP contribution in [0.15, 0.2) is 35.2 Å². The molecule has 5 heteroatoms. The third-order valence-electron chi connectivity index (χ3n) is 2.44. The van der Waals surface area contributed by atoms with Gasteiger partial charge in [0.15, 0.2) is 0 Å². The quantitative estimate of drug-likeness (QED) is 0.860. The van der Waals surface area contributed by atoms with Gasteiger partial charge in [-0.25, -0.2) is 0 Å². The van der Waals surface area contributed by atoms with Crippen molar-refractivity contribution in [3.05, 3.63) is 46.4 Å². The number of hydrogen-bond donors (Lipinski definition) is 1. The number of rotatable bonds is 4. The summed E-state index contributed by atoms with van der Waals surface area (Å²) < 4.78 is 0. The summed E-state index contributed by atoms with van der Waals surface area (Å²) in [5, 5.41) is 4.23. The molecule has 0 atom stereocenters. The predicted octanol–water partition coefficient (Wildman–Crippen LogP) is 2.41. The first-order valence-corrected chi connectivity index (χ1v) is 6.50. The van der Waals surface area contributed by atoms with Crippen LogP contribution in [0.1, 0.15) is 11.3 Å². The highest BCUT2D eigenvalue weighted by Gasteiger charge is 2.04. The Morgan fingerprint density at radius 3 is 2.82 bits per heavy atom. The molecule has 0 radical (unpaired) electrons. The zero-order chi connectivity index (χ0) is 12.3. The maximum absolute atomic E-state index is 5.51. The van der Waals surface area contributed by atoms with Crippen LogP contribution in [0, 0.1) is 0 Å². The van der Waals surface area contributed by atoms with E-state index in [-0.39, 0.29) is 0 Å². The molecule has 0 fully saturated rings. The number of hydrogen-bond acceptors (Lipinski definition) is 4. The average molecular weight is 263 g/mol. The maximum Gasteiger partial charge on any atom is 0.122 e. The van der Waals surface area contributed by atoms with Gasteiger partial charge in [0.1, 0.15) is 4.99 Å². The van der Waals surface area contributed by atoms with Crippen molar-refractivity contribution in [2.24, 2.45) is 5.73 Å². The Morgan fingerprint density at radius 1 is 1.47 bits per heavy atom. The Kier molecular flexibility index (Phi) is 3.71. The Balaban J connectivity index is 2.09. The first-order valence-electron chi connectivity index (χ1n) is 5.15. The van der Waals surface area contributed by atoms with Gasteiger partial charge < -0.3 is 10.6 Å². The molecule has 0 aliphatic carbocycles. The Labute approximate surface area is 110 Å². The zero-order valence-electron chi connectivity index (χ0n) is 9.46. The van der Waals surface area contributed by atoms with E-state index < -0.39 is 0 Å². The molecule has 2 aromatic rings. The Morgan fingerprint density at radius 2 is 2.29 bits per heavy atom. The lowest BCUT2D eigenvalue weighted by Gasteiger charge is -2.18. The van der Waals surface area contributed by atoms with E-state index >= 15 is 0 Å². The fourth-order valence-electron chi connectivity index (χ4n) is 1.51. The Hall–Kier alpha value is -1.46. The van der Waals surface area contributed by atoms with E-state index in [0.717, 1.165) is 12.2 Å². The lowest BCUT2D eigenvalue weighted by atomic mass is 10.3. The molecule has 2 N–H and O–H groups in total. The molecule has 2 aromatic heterocycles. The molecule has 0 saturated carbocycles. The van der Waals surface area contributed by atoms with Crippen molar-refractivity contribution in [2.75, 3.05) is 11.9 Å². The van der Waals surface area contributed by atoms with Gasteiger partial charge in [0.05, 0.1) is 17.6 Å². The number of nitrogens with zero attached hydrogens (tertiary/aromatic N) is 2. The highest BCUT2D eigenvalue weighted by molar-refractivity contribution is 7.80. The molecule has 0 amide bonds. The van der Waals surface area contributed by atoms with Gasteiger partial charge in [-0.15, -0.1) is 0 Å². The summed E-state index contributed by atoms with van der Waals surface area (Å²) in [4.78, 5) is 6.69. The van der Waals surface area contributed by atoms with Crippen molar-refractivity contribution >= 4 is 34.2 Å². The molecule has 0 saturated heterocycles. The highest BCUT2D eigenvalue weighted by atomic mass is 32.1. The summed E-state index contributed by atoms with van der Waals surface area (Å²) in [7, 11) is 2.04. The van der Waals surface area contributed by atoms with Crippen molar-refractivity contribution in [3.8, 4) is 0 Å². The van der Waals surface area contributed by atoms with Crippen LogP contribution in [-0.2, 0) is 6.54 Å². The predicted molar refractivity (Wildman–Crippen MR) is 76.6 cm³/mol. The van der Waals surface area contributed by atoms with E-state index in [0.29, 0.717) is 10.7 Å². The zero-order valence-corrected chi connectivity index (χ0v) is 11.1. The molecule has 0 spiro atoms. The van der Waals surface area contributed by atoms with Crippen LogP contribution in [-0.4, -0.2) is 17.0 Å². The van der Waals surface area contributed by atoms with Gasteiger partial charge in [-0.3, -0.25) is 4.98 Å². The van der Waals surface area contributed by atoms with E-state index in [1.807, 2.05) is 19.2 Å². The van der Waals surface area contributed by atoms with Crippen molar-refractivity contribution in [1.29, 1.82) is 0 Å². The van der Waals surface area contributed by atoms with Gasteiger partial charge in [-0.1, -0.05) is 12.2 Å². The molecule has 2 heterocycles. The number of thiophene rings is 1. The summed E-state index contributed by atoms with van der Waals surface area (Å²) in [5.74, 6) is 0. The van der Waals surface area contributed by atoms with Gasteiger partial charge in [-0.2, -0.15) is 11.3 Å². The molecule has 88 valence electrons. The number of thiocarbonyl (C=S) groups is 1. The molecule has 0 bridgehead atoms. The van der Waals surface area contributed by atoms with Gasteiger partial charge in [0.2, 0.25) is 0 Å². The highest BCUT2D eigenvalue weighted by Crippen LogP contribution is 2.16. The van der Waals surface area contributed by atoms with Crippen molar-refractivity contribution in [2.45, 2.75) is 6.54 Å². The monoisotopic (exact) mass is 263 g/mol. The van der Waals surface area contributed by atoms with E-state index in [2.05, 4.69) is 26.7 Å². The summed E-state index contributed by atoms with van der Waals surface area (Å²) in [5.41, 5.74) is 8.52. The third kappa shape index (κ3) is 3.01. The normalized spacial score (nSPS) is 10.2. The molecule has 2 rings (SSSR count). The SMILES string of the molecule is CN(Cc1ccsc1)c1ccc(C(N)=S)nc1. The largest absolute Gasteiger partial charge is 0.388 e. The van der Waals surface area contributed by atoms with Crippen LogP contribution in [0.3, 0.4) is 0 Å². The fourth-order valence-corrected chi connectivity index (χ4v) is 2.29. The molecule has 17 heavy (non-hydrogen) atoms. The number of nitrogens with two attached hydrogens (primary N) is 1. The number of anilines is 1. The summed E-state index contributed by atoms with van der Waals surface area (Å²) in [6.07, 6.45) is 1.79. The smallest absolute Gasteiger partial charge is 0.122 e. The van der Waals surface area contributed by atoms with E-state index in [9.17, 15) is 0 Å². The van der Waals surface area contributed by atoms with Crippen LogP contribution in [0.2, 0.25) is 0 Å². The number of aromatic nitrogens is 1. The molecular formula is C12H13N3S2. The van der Waals surface area contributed by atoms with Crippen LogP contribution in [0.25, 0.3) is 0 Å². The lowest BCUT2D eigenvalue weighted by molar-refractivity contribution is 0.922. The van der Waals surface area contributed by atoms with Crippen LogP contribution in [0.5, 0.6) is 0 Å². The van der Waals surface area contributed by atoms with Crippen molar-refractivity contribution in [3.63, 3.8) is 0 Å². The maximum atomic E-state index is 5.51. The lowest BCUT2D eigenvalue weighted by Crippen LogP contribution is -2.17. The second-order valence-corrected chi connectivity index (χ2v) is 4.97. The average Bonchev–Trinajstić information content (AvgIpc) is 2.82. The molecule has 3 nitrogen and oxygen atoms in total. The first-order chi connectivity index (χ1) is 8.16.